The van der Waals surface area contributed by atoms with E-state index < -0.39 is 17.1 Å². The Balaban J connectivity index is 1.33. The van der Waals surface area contributed by atoms with E-state index in [0.717, 1.165) is 16.8 Å². The van der Waals surface area contributed by atoms with Gasteiger partial charge in [0.1, 0.15) is 18.8 Å². The van der Waals surface area contributed by atoms with Crippen molar-refractivity contribution in [3.63, 3.8) is 0 Å². The summed E-state index contributed by atoms with van der Waals surface area (Å²) in [4.78, 5) is 26.5. The average Bonchev–Trinajstić information content (AvgIpc) is 3.51. The number of nitro groups is 1. The molecular weight excluding hydrogens is 490 g/mol. The molecule has 0 unspecified atom stereocenters. The summed E-state index contributed by atoms with van der Waals surface area (Å²) in [5, 5.41) is 23.7. The Bertz CT molecular complexity index is 1420. The Labute approximate surface area is 209 Å². The van der Waals surface area contributed by atoms with Crippen LogP contribution < -0.4 is 5.43 Å². The third-order valence-corrected chi connectivity index (χ3v) is 6.35. The van der Waals surface area contributed by atoms with Gasteiger partial charge in [0.15, 0.2) is 6.29 Å². The normalized spacial score (nSPS) is 22.2. The fraction of sp³-hybridized carbons (Fsp3) is 0.429. The summed E-state index contributed by atoms with van der Waals surface area (Å²) in [5.74, 6) is -0.466. The molecule has 4 heterocycles. The van der Waals surface area contributed by atoms with Crippen molar-refractivity contribution < 1.29 is 19.2 Å². The Kier molecular flexibility index (Phi) is 6.19. The second-order valence-corrected chi connectivity index (χ2v) is 9.11. The molecule has 3 aromatic rings. The number of ether oxygens (including phenoxy) is 2. The number of imidazole rings is 1. The fourth-order valence-electron chi connectivity index (χ4n) is 4.34. The summed E-state index contributed by atoms with van der Waals surface area (Å²) in [5.41, 5.74) is 5.93. The van der Waals surface area contributed by atoms with E-state index >= 15 is 0 Å². The molecule has 15 heteroatoms. The second-order valence-electron chi connectivity index (χ2n) is 8.74. The highest BCUT2D eigenvalue weighted by atomic mass is 32.1. The van der Waals surface area contributed by atoms with Crippen LogP contribution in [0.4, 0.5) is 5.82 Å². The van der Waals surface area contributed by atoms with Gasteiger partial charge in [-0.05, 0) is 69.7 Å². The Morgan fingerprint density at radius 2 is 2.03 bits per heavy atom. The van der Waals surface area contributed by atoms with Crippen molar-refractivity contribution in [2.45, 2.75) is 52.2 Å². The van der Waals surface area contributed by atoms with Crippen LogP contribution in [0.2, 0.25) is 0 Å². The largest absolute Gasteiger partial charge is 0.381 e. The lowest BCUT2D eigenvalue weighted by atomic mass is 10.0. The molecule has 0 saturated carbocycles. The average molecular weight is 514 g/mol. The molecule has 188 valence electrons. The smallest absolute Gasteiger partial charge is 0.358 e. The van der Waals surface area contributed by atoms with E-state index in [-0.39, 0.29) is 24.5 Å². The topological polar surface area (TPSA) is 157 Å². The van der Waals surface area contributed by atoms with E-state index in [0.29, 0.717) is 29.3 Å². The van der Waals surface area contributed by atoms with Crippen molar-refractivity contribution in [3.05, 3.63) is 56.2 Å². The number of hydrogen-bond acceptors (Lipinski definition) is 10. The number of hydrazone groups is 1. The fourth-order valence-corrected chi connectivity index (χ4v) is 4.66. The molecule has 1 N–H and O–H groups in total. The molecule has 14 nitrogen and oxygen atoms in total. The Morgan fingerprint density at radius 1 is 1.28 bits per heavy atom. The predicted octanol–water partition coefficient (Wildman–Crippen LogP) is 1.69. The molecule has 1 amide bonds. The number of amides is 1. The summed E-state index contributed by atoms with van der Waals surface area (Å²) < 4.78 is 16.6. The van der Waals surface area contributed by atoms with Gasteiger partial charge in [-0.3, -0.25) is 9.36 Å². The van der Waals surface area contributed by atoms with Crippen molar-refractivity contribution >= 4 is 29.7 Å². The summed E-state index contributed by atoms with van der Waals surface area (Å²) >= 11 is 5.68. The van der Waals surface area contributed by atoms with Crippen molar-refractivity contribution in [2.75, 3.05) is 6.61 Å². The van der Waals surface area contributed by atoms with Crippen LogP contribution in [0.5, 0.6) is 0 Å². The molecule has 5 rings (SSSR count). The van der Waals surface area contributed by atoms with E-state index in [9.17, 15) is 14.9 Å². The van der Waals surface area contributed by atoms with Gasteiger partial charge in [-0.25, -0.2) is 10.1 Å². The minimum Gasteiger partial charge on any atom is -0.358 e. The first kappa shape index (κ1) is 23.9. The van der Waals surface area contributed by atoms with Crippen molar-refractivity contribution in [1.82, 2.24) is 34.8 Å². The summed E-state index contributed by atoms with van der Waals surface area (Å²) in [7, 11) is 0. The maximum absolute atomic E-state index is 12.4. The molecule has 2 saturated heterocycles. The van der Waals surface area contributed by atoms with E-state index in [4.69, 9.17) is 21.7 Å². The first-order valence-electron chi connectivity index (χ1n) is 11.1. The zero-order valence-corrected chi connectivity index (χ0v) is 20.5. The summed E-state index contributed by atoms with van der Waals surface area (Å²) in [6.45, 7) is 5.71. The highest BCUT2D eigenvalue weighted by molar-refractivity contribution is 7.71. The van der Waals surface area contributed by atoms with Crippen LogP contribution in [0.1, 0.15) is 29.4 Å². The first-order valence-corrected chi connectivity index (χ1v) is 11.5. The highest BCUT2D eigenvalue weighted by Gasteiger charge is 2.44. The van der Waals surface area contributed by atoms with Crippen LogP contribution in [0.15, 0.2) is 29.5 Å². The predicted molar refractivity (Wildman–Crippen MR) is 127 cm³/mol. The zero-order chi connectivity index (χ0) is 25.6. The maximum Gasteiger partial charge on any atom is 0.381 e. The van der Waals surface area contributed by atoms with Crippen LogP contribution in [0, 0.1) is 35.7 Å². The van der Waals surface area contributed by atoms with E-state index in [1.807, 2.05) is 26.0 Å². The molecule has 2 aliphatic rings. The molecule has 0 aliphatic carbocycles. The molecule has 1 aromatic carbocycles. The van der Waals surface area contributed by atoms with E-state index in [1.165, 1.54) is 10.8 Å². The molecule has 2 aliphatic heterocycles. The summed E-state index contributed by atoms with van der Waals surface area (Å²) in [6.07, 6.45) is 0.597. The van der Waals surface area contributed by atoms with Gasteiger partial charge in [0, 0.05) is 13.3 Å². The lowest BCUT2D eigenvalue weighted by Crippen LogP contribution is -2.39. The van der Waals surface area contributed by atoms with Crippen molar-refractivity contribution in [3.8, 4) is 5.69 Å². The molecule has 0 radical (unpaired) electrons. The van der Waals surface area contributed by atoms with Crippen LogP contribution in [-0.2, 0) is 20.8 Å². The van der Waals surface area contributed by atoms with Crippen molar-refractivity contribution in [1.29, 1.82) is 0 Å². The standard InChI is InChI=1S/C21H23N9O5S/c1-11-4-12(2)6-14(5-11)28-21(36)29(26-25-28)16-7-15(20-34-10-17(16)35-20)23-24-19(31)9-27-8-18(30(32)33)22-13(27)3/h4-6,8,16-17,20H,7,9-10H2,1-3H3,(H,24,31)/b23-15-/t16-,17+,20+/m0/s1. The van der Waals surface area contributed by atoms with Crippen LogP contribution in [0.25, 0.3) is 5.69 Å². The van der Waals surface area contributed by atoms with E-state index in [1.54, 1.807) is 16.3 Å². The molecular formula is C21H23N9O5S. The number of carbonyl (C=O) groups excluding carboxylic acids is 1. The Hall–Kier alpha value is -3.82. The molecule has 0 spiro atoms. The van der Waals surface area contributed by atoms with Crippen LogP contribution in [-0.4, -0.2) is 64.9 Å². The number of aromatic nitrogens is 6. The minimum atomic E-state index is -0.689. The van der Waals surface area contributed by atoms with Crippen molar-refractivity contribution in [2.24, 2.45) is 5.10 Å². The van der Waals surface area contributed by atoms with Gasteiger partial charge < -0.3 is 19.6 Å². The van der Waals surface area contributed by atoms with Gasteiger partial charge in [0.25, 0.3) is 5.91 Å². The van der Waals surface area contributed by atoms with Gasteiger partial charge in [-0.15, -0.1) is 0 Å². The van der Waals surface area contributed by atoms with Gasteiger partial charge in [0.2, 0.25) is 10.6 Å². The number of fused-ring (bicyclic) bond motifs is 2. The monoisotopic (exact) mass is 513 g/mol. The van der Waals surface area contributed by atoms with Crippen LogP contribution >= 0.6 is 12.2 Å². The second kappa shape index (κ2) is 9.33. The number of nitrogens with zero attached hydrogens (tertiary/aromatic N) is 8. The van der Waals surface area contributed by atoms with Gasteiger partial charge in [-0.2, -0.15) is 9.78 Å². The number of benzene rings is 1. The van der Waals surface area contributed by atoms with E-state index in [2.05, 4.69) is 32.0 Å². The zero-order valence-electron chi connectivity index (χ0n) is 19.7. The number of tetrazole rings is 1. The quantitative estimate of drug-likeness (QED) is 0.294. The number of aryl methyl sites for hydroxylation is 3. The highest BCUT2D eigenvalue weighted by Crippen LogP contribution is 2.33. The lowest BCUT2D eigenvalue weighted by molar-refractivity contribution is -0.389. The third-order valence-electron chi connectivity index (χ3n) is 5.99. The first-order chi connectivity index (χ1) is 17.2. The third kappa shape index (κ3) is 4.55. The minimum absolute atomic E-state index is 0.183. The summed E-state index contributed by atoms with van der Waals surface area (Å²) in [6, 6.07) is 5.69. The molecule has 36 heavy (non-hydrogen) atoms. The number of nitrogens with one attached hydrogen (secondary N) is 1. The molecule has 2 bridgehead atoms. The Morgan fingerprint density at radius 3 is 2.72 bits per heavy atom. The lowest BCUT2D eigenvalue weighted by Gasteiger charge is -2.27. The SMILES string of the molecule is Cc1cc(C)cc(-n2nnn([C@H]3C/C(=N/NC(=O)Cn4cc([N+](=O)[O-])nc4C)[C@@H]4OC[C@H]3O4)c2=S)c1. The number of carbonyl (C=O) groups is 1. The number of hydrogen-bond donors (Lipinski definition) is 1. The maximum atomic E-state index is 12.4. The van der Waals surface area contributed by atoms with Gasteiger partial charge in [-0.1, -0.05) is 6.07 Å². The number of rotatable bonds is 6. The van der Waals surface area contributed by atoms with Gasteiger partial charge in [0.05, 0.1) is 24.0 Å². The van der Waals surface area contributed by atoms with Crippen LogP contribution in [0.3, 0.4) is 0 Å². The molecule has 3 atom stereocenters. The van der Waals surface area contributed by atoms with Gasteiger partial charge >= 0.3 is 5.82 Å². The molecule has 2 aromatic heterocycles. The molecule has 2 fully saturated rings.